The Morgan fingerprint density at radius 2 is 1.79 bits per heavy atom. The first-order valence-corrected chi connectivity index (χ1v) is 9.44. The molecule has 1 rings (SSSR count). The second kappa shape index (κ2) is 8.22. The quantitative estimate of drug-likeness (QED) is 0.739. The van der Waals surface area contributed by atoms with Gasteiger partial charge in [-0.1, -0.05) is 13.8 Å². The van der Waals surface area contributed by atoms with Crippen LogP contribution in [0.2, 0.25) is 0 Å². The van der Waals surface area contributed by atoms with E-state index >= 15 is 0 Å². The summed E-state index contributed by atoms with van der Waals surface area (Å²) in [6.45, 7) is 5.84. The molecule has 0 heterocycles. The molecule has 1 aliphatic carbocycles. The maximum absolute atomic E-state index is 11.4. The molecule has 4 nitrogen and oxygen atoms in total. The third kappa shape index (κ3) is 6.23. The fourth-order valence-corrected chi connectivity index (χ4v) is 3.73. The molecule has 0 radical (unpaired) electrons. The van der Waals surface area contributed by atoms with E-state index in [4.69, 9.17) is 0 Å². The molecule has 0 amide bonds. The van der Waals surface area contributed by atoms with Crippen molar-refractivity contribution in [3.63, 3.8) is 0 Å². The van der Waals surface area contributed by atoms with Crippen LogP contribution < -0.4 is 5.32 Å². The first-order valence-electron chi connectivity index (χ1n) is 7.62. The lowest BCUT2D eigenvalue weighted by Crippen LogP contribution is -2.41. The molecule has 1 aliphatic rings. The Kier molecular flexibility index (Phi) is 7.32. The number of sulfone groups is 1. The molecule has 1 fully saturated rings. The first-order chi connectivity index (χ1) is 8.98. The van der Waals surface area contributed by atoms with Crippen LogP contribution in [-0.4, -0.2) is 57.0 Å². The second-order valence-corrected chi connectivity index (χ2v) is 8.11. The standard InChI is InChI=1S/C14H30N2O2S/c1-4-15-13-7-9-14(10-8-13)16(3)11-6-12-19(17,18)5-2/h13-15H,4-12H2,1-3H3. The first kappa shape index (κ1) is 16.9. The molecule has 114 valence electrons. The van der Waals surface area contributed by atoms with Crippen molar-refractivity contribution in [2.45, 2.75) is 58.0 Å². The highest BCUT2D eigenvalue weighted by Gasteiger charge is 2.23. The largest absolute Gasteiger partial charge is 0.314 e. The highest BCUT2D eigenvalue weighted by Crippen LogP contribution is 2.22. The Balaban J connectivity index is 2.22. The van der Waals surface area contributed by atoms with Gasteiger partial charge in [0.1, 0.15) is 9.84 Å². The second-order valence-electron chi connectivity index (χ2n) is 5.63. The molecule has 0 aromatic carbocycles. The normalized spacial score (nSPS) is 24.8. The van der Waals surface area contributed by atoms with Gasteiger partial charge in [0, 0.05) is 17.8 Å². The van der Waals surface area contributed by atoms with Gasteiger partial charge in [0.25, 0.3) is 0 Å². The summed E-state index contributed by atoms with van der Waals surface area (Å²) in [7, 11) is -0.663. The van der Waals surface area contributed by atoms with Gasteiger partial charge in [0.2, 0.25) is 0 Å². The summed E-state index contributed by atoms with van der Waals surface area (Å²) >= 11 is 0. The minimum absolute atomic E-state index is 0.268. The van der Waals surface area contributed by atoms with Gasteiger partial charge in [-0.05, 0) is 52.2 Å². The van der Waals surface area contributed by atoms with Crippen LogP contribution in [0.3, 0.4) is 0 Å². The SMILES string of the molecule is CCNC1CCC(N(C)CCCS(=O)(=O)CC)CC1. The molecular weight excluding hydrogens is 260 g/mol. The Morgan fingerprint density at radius 3 is 2.32 bits per heavy atom. The van der Waals surface area contributed by atoms with E-state index in [1.807, 2.05) is 0 Å². The molecule has 0 aliphatic heterocycles. The summed E-state index contributed by atoms with van der Waals surface area (Å²) in [5, 5.41) is 3.52. The number of nitrogens with zero attached hydrogens (tertiary/aromatic N) is 1. The van der Waals surface area contributed by atoms with E-state index in [1.54, 1.807) is 6.92 Å². The fourth-order valence-electron chi connectivity index (χ4n) is 2.87. The molecule has 0 saturated heterocycles. The van der Waals surface area contributed by atoms with Gasteiger partial charge in [-0.15, -0.1) is 0 Å². The van der Waals surface area contributed by atoms with Gasteiger partial charge < -0.3 is 10.2 Å². The van der Waals surface area contributed by atoms with Gasteiger partial charge in [-0.2, -0.15) is 0 Å². The molecule has 0 aromatic heterocycles. The number of nitrogens with one attached hydrogen (secondary N) is 1. The van der Waals surface area contributed by atoms with Crippen LogP contribution in [0.5, 0.6) is 0 Å². The molecule has 0 atom stereocenters. The lowest BCUT2D eigenvalue weighted by atomic mass is 9.90. The maximum Gasteiger partial charge on any atom is 0.150 e. The van der Waals surface area contributed by atoms with E-state index in [1.165, 1.54) is 25.7 Å². The monoisotopic (exact) mass is 290 g/mol. The Morgan fingerprint density at radius 1 is 1.16 bits per heavy atom. The van der Waals surface area contributed by atoms with Crippen LogP contribution in [0.1, 0.15) is 46.0 Å². The predicted octanol–water partition coefficient (Wildman–Crippen LogP) is 1.66. The molecule has 19 heavy (non-hydrogen) atoms. The summed E-state index contributed by atoms with van der Waals surface area (Å²) in [5.41, 5.74) is 0. The van der Waals surface area contributed by atoms with E-state index in [9.17, 15) is 8.42 Å². The lowest BCUT2D eigenvalue weighted by Gasteiger charge is -2.35. The van der Waals surface area contributed by atoms with Gasteiger partial charge in [-0.3, -0.25) is 0 Å². The average Bonchev–Trinajstić information content (AvgIpc) is 2.39. The number of rotatable bonds is 8. The number of hydrogen-bond donors (Lipinski definition) is 1. The zero-order valence-electron chi connectivity index (χ0n) is 12.7. The predicted molar refractivity (Wildman–Crippen MR) is 81.3 cm³/mol. The van der Waals surface area contributed by atoms with Crippen molar-refractivity contribution >= 4 is 9.84 Å². The Labute approximate surface area is 118 Å². The van der Waals surface area contributed by atoms with E-state index in [-0.39, 0.29) is 5.75 Å². The topological polar surface area (TPSA) is 49.4 Å². The highest BCUT2D eigenvalue weighted by atomic mass is 32.2. The summed E-state index contributed by atoms with van der Waals surface area (Å²) < 4.78 is 22.9. The van der Waals surface area contributed by atoms with Gasteiger partial charge in [-0.25, -0.2) is 8.42 Å². The smallest absolute Gasteiger partial charge is 0.150 e. The van der Waals surface area contributed by atoms with Gasteiger partial charge >= 0.3 is 0 Å². The molecule has 1 saturated carbocycles. The Bertz CT molecular complexity index is 335. The molecular formula is C14H30N2O2S. The average molecular weight is 290 g/mol. The molecule has 5 heteroatoms. The Hall–Kier alpha value is -0.130. The van der Waals surface area contributed by atoms with E-state index in [0.29, 0.717) is 17.8 Å². The third-order valence-corrected chi connectivity index (χ3v) is 6.01. The van der Waals surface area contributed by atoms with Crippen molar-refractivity contribution in [2.24, 2.45) is 0 Å². The minimum atomic E-state index is -2.80. The van der Waals surface area contributed by atoms with Crippen LogP contribution >= 0.6 is 0 Å². The fraction of sp³-hybridized carbons (Fsp3) is 1.00. The molecule has 0 bridgehead atoms. The van der Waals surface area contributed by atoms with Crippen LogP contribution in [0.4, 0.5) is 0 Å². The van der Waals surface area contributed by atoms with Crippen LogP contribution in [0.15, 0.2) is 0 Å². The van der Waals surface area contributed by atoms with Crippen molar-refractivity contribution in [3.05, 3.63) is 0 Å². The molecule has 0 spiro atoms. The molecule has 0 unspecified atom stereocenters. The third-order valence-electron chi connectivity index (χ3n) is 4.22. The highest BCUT2D eigenvalue weighted by molar-refractivity contribution is 7.91. The summed E-state index contributed by atoms with van der Waals surface area (Å²) in [6.07, 6.45) is 5.72. The zero-order valence-corrected chi connectivity index (χ0v) is 13.5. The van der Waals surface area contributed by atoms with Crippen molar-refractivity contribution in [1.82, 2.24) is 10.2 Å². The minimum Gasteiger partial charge on any atom is -0.314 e. The van der Waals surface area contributed by atoms with Gasteiger partial charge in [0.15, 0.2) is 0 Å². The van der Waals surface area contributed by atoms with Crippen molar-refractivity contribution in [2.75, 3.05) is 31.6 Å². The van der Waals surface area contributed by atoms with E-state index < -0.39 is 9.84 Å². The van der Waals surface area contributed by atoms with Crippen LogP contribution in [0, 0.1) is 0 Å². The zero-order chi connectivity index (χ0) is 14.3. The maximum atomic E-state index is 11.4. The van der Waals surface area contributed by atoms with Crippen LogP contribution in [-0.2, 0) is 9.84 Å². The molecule has 0 aromatic rings. The van der Waals surface area contributed by atoms with E-state index in [2.05, 4.69) is 24.2 Å². The van der Waals surface area contributed by atoms with Crippen LogP contribution in [0.25, 0.3) is 0 Å². The number of hydrogen-bond acceptors (Lipinski definition) is 4. The van der Waals surface area contributed by atoms with Crippen molar-refractivity contribution < 1.29 is 8.42 Å². The van der Waals surface area contributed by atoms with Gasteiger partial charge in [0.05, 0.1) is 5.75 Å². The summed E-state index contributed by atoms with van der Waals surface area (Å²) in [4.78, 5) is 2.35. The van der Waals surface area contributed by atoms with Crippen molar-refractivity contribution in [3.8, 4) is 0 Å². The lowest BCUT2D eigenvalue weighted by molar-refractivity contribution is 0.175. The van der Waals surface area contributed by atoms with Crippen molar-refractivity contribution in [1.29, 1.82) is 0 Å². The summed E-state index contributed by atoms with van der Waals surface area (Å²) in [6, 6.07) is 1.33. The summed E-state index contributed by atoms with van der Waals surface area (Å²) in [5.74, 6) is 0.602. The van der Waals surface area contributed by atoms with E-state index in [0.717, 1.165) is 19.5 Å². The molecule has 1 N–H and O–H groups in total.